The lowest BCUT2D eigenvalue weighted by atomic mass is 10.0. The van der Waals surface area contributed by atoms with E-state index in [4.69, 9.17) is 9.72 Å². The van der Waals surface area contributed by atoms with Gasteiger partial charge >= 0.3 is 0 Å². The molecule has 0 atom stereocenters. The van der Waals surface area contributed by atoms with Crippen LogP contribution in [0.25, 0.3) is 20.8 Å². The van der Waals surface area contributed by atoms with Gasteiger partial charge in [0, 0.05) is 24.4 Å². The summed E-state index contributed by atoms with van der Waals surface area (Å²) in [6, 6.07) is 11.4. The Labute approximate surface area is 159 Å². The number of benzene rings is 2. The first-order chi connectivity index (χ1) is 13.0. The third kappa shape index (κ3) is 2.86. The number of methoxy groups -OCH3 is 1. The highest BCUT2D eigenvalue weighted by molar-refractivity contribution is 7.21. The fourth-order valence-corrected chi connectivity index (χ4v) is 4.03. The van der Waals surface area contributed by atoms with Gasteiger partial charge in [0.1, 0.15) is 16.3 Å². The van der Waals surface area contributed by atoms with Gasteiger partial charge in [0.2, 0.25) is 5.78 Å². The van der Waals surface area contributed by atoms with Gasteiger partial charge < -0.3 is 9.84 Å². The van der Waals surface area contributed by atoms with Crippen LogP contribution in [0.5, 0.6) is 5.75 Å². The lowest BCUT2D eigenvalue weighted by Crippen LogP contribution is -2.19. The number of carbonyl (C=O) groups excluding carboxylic acids is 1. The molecule has 0 aliphatic rings. The average molecular weight is 379 g/mol. The number of aryl methyl sites for hydroxylation is 2. The molecule has 2 aromatic heterocycles. The highest BCUT2D eigenvalue weighted by atomic mass is 32.1. The van der Waals surface area contributed by atoms with Gasteiger partial charge in [-0.25, -0.2) is 4.98 Å². The first-order valence-corrected chi connectivity index (χ1v) is 9.15. The lowest BCUT2D eigenvalue weighted by Gasteiger charge is -2.03. The number of fused-ring (bicyclic) bond motifs is 1. The van der Waals surface area contributed by atoms with Crippen LogP contribution in [0.3, 0.4) is 0 Å². The third-order valence-corrected chi connectivity index (χ3v) is 5.65. The summed E-state index contributed by atoms with van der Waals surface area (Å²) in [5.74, 6) is 0.493. The normalized spacial score (nSPS) is 11.1. The van der Waals surface area contributed by atoms with Crippen molar-refractivity contribution in [3.05, 3.63) is 69.6 Å². The fraction of sp³-hybridized carbons (Fsp3) is 0.150. The highest BCUT2D eigenvalue weighted by Gasteiger charge is 2.20. The van der Waals surface area contributed by atoms with Crippen molar-refractivity contribution in [3.63, 3.8) is 0 Å². The number of carbonyl (C=O) groups is 1. The molecule has 0 aliphatic heterocycles. The predicted octanol–water partition coefficient (Wildman–Crippen LogP) is 3.54. The van der Waals surface area contributed by atoms with Crippen molar-refractivity contribution in [3.8, 4) is 16.3 Å². The minimum atomic E-state index is -0.336. The predicted molar refractivity (Wildman–Crippen MR) is 106 cm³/mol. The van der Waals surface area contributed by atoms with Crippen LogP contribution in [0.4, 0.5) is 0 Å². The van der Waals surface area contributed by atoms with Crippen molar-refractivity contribution >= 4 is 27.3 Å². The number of hydrogen-bond donors (Lipinski definition) is 1. The zero-order valence-electron chi connectivity index (χ0n) is 15.1. The van der Waals surface area contributed by atoms with E-state index >= 15 is 0 Å². The van der Waals surface area contributed by atoms with Crippen LogP contribution in [0, 0.1) is 6.92 Å². The number of nitrogens with zero attached hydrogens (tertiary/aromatic N) is 2. The van der Waals surface area contributed by atoms with E-state index in [1.807, 2.05) is 37.3 Å². The van der Waals surface area contributed by atoms with Crippen LogP contribution in [-0.2, 0) is 7.05 Å². The van der Waals surface area contributed by atoms with Gasteiger partial charge in [-0.2, -0.15) is 0 Å². The SMILES string of the molecule is COc1ccc(-c2nc3c(C)c(C(=O)c4c[nH]n(C)c4=O)ccc3s2)cc1. The van der Waals surface area contributed by atoms with Crippen LogP contribution in [0.1, 0.15) is 21.5 Å². The topological polar surface area (TPSA) is 77.0 Å². The molecule has 2 aromatic carbocycles. The van der Waals surface area contributed by atoms with Crippen LogP contribution < -0.4 is 10.3 Å². The van der Waals surface area contributed by atoms with Crippen molar-refractivity contribution < 1.29 is 9.53 Å². The number of aromatic nitrogens is 3. The van der Waals surface area contributed by atoms with E-state index in [1.54, 1.807) is 31.6 Å². The maximum Gasteiger partial charge on any atom is 0.277 e. The Bertz CT molecular complexity index is 1220. The molecule has 0 aliphatic carbocycles. The summed E-state index contributed by atoms with van der Waals surface area (Å²) < 4.78 is 7.47. The highest BCUT2D eigenvalue weighted by Crippen LogP contribution is 2.33. The Morgan fingerprint density at radius 2 is 1.89 bits per heavy atom. The molecule has 0 spiro atoms. The molecule has 4 rings (SSSR count). The molecule has 0 fully saturated rings. The first kappa shape index (κ1) is 17.2. The second kappa shape index (κ2) is 6.51. The van der Waals surface area contributed by atoms with E-state index in [9.17, 15) is 9.59 Å². The van der Waals surface area contributed by atoms with Gasteiger partial charge in [-0.1, -0.05) is 0 Å². The molecule has 136 valence electrons. The van der Waals surface area contributed by atoms with Gasteiger partial charge in [-0.3, -0.25) is 14.3 Å². The minimum absolute atomic E-state index is 0.130. The van der Waals surface area contributed by atoms with Gasteiger partial charge in [-0.15, -0.1) is 11.3 Å². The van der Waals surface area contributed by atoms with Crippen LogP contribution in [0.2, 0.25) is 0 Å². The monoisotopic (exact) mass is 379 g/mol. The summed E-state index contributed by atoms with van der Waals surface area (Å²) in [6.07, 6.45) is 1.44. The largest absolute Gasteiger partial charge is 0.497 e. The molecular formula is C20H17N3O3S. The maximum atomic E-state index is 12.8. The molecule has 0 saturated carbocycles. The van der Waals surface area contributed by atoms with Crippen molar-refractivity contribution in [2.75, 3.05) is 7.11 Å². The number of H-pyrrole nitrogens is 1. The molecule has 0 saturated heterocycles. The summed E-state index contributed by atoms with van der Waals surface area (Å²) in [5, 5.41) is 3.61. The summed E-state index contributed by atoms with van der Waals surface area (Å²) in [6.45, 7) is 1.87. The van der Waals surface area contributed by atoms with E-state index in [1.165, 1.54) is 10.9 Å². The van der Waals surface area contributed by atoms with Crippen LogP contribution in [-0.4, -0.2) is 27.7 Å². The smallest absolute Gasteiger partial charge is 0.277 e. The van der Waals surface area contributed by atoms with Crippen molar-refractivity contribution in [2.24, 2.45) is 7.05 Å². The zero-order chi connectivity index (χ0) is 19.1. The Morgan fingerprint density at radius 3 is 2.52 bits per heavy atom. The van der Waals surface area contributed by atoms with E-state index in [0.717, 1.165) is 32.1 Å². The second-order valence-electron chi connectivity index (χ2n) is 6.21. The fourth-order valence-electron chi connectivity index (χ4n) is 3.00. The maximum absolute atomic E-state index is 12.8. The Hall–Kier alpha value is -3.19. The third-order valence-electron chi connectivity index (χ3n) is 4.58. The van der Waals surface area contributed by atoms with Crippen LogP contribution >= 0.6 is 11.3 Å². The van der Waals surface area contributed by atoms with E-state index in [2.05, 4.69) is 5.10 Å². The first-order valence-electron chi connectivity index (χ1n) is 8.33. The lowest BCUT2D eigenvalue weighted by molar-refractivity contribution is 0.103. The molecule has 0 bridgehead atoms. The van der Waals surface area contributed by atoms with Crippen molar-refractivity contribution in [1.82, 2.24) is 14.8 Å². The van der Waals surface area contributed by atoms with Crippen LogP contribution in [0.15, 0.2) is 47.4 Å². The molecule has 4 aromatic rings. The molecule has 6 nitrogen and oxygen atoms in total. The molecule has 0 radical (unpaired) electrons. The minimum Gasteiger partial charge on any atom is -0.497 e. The number of nitrogens with one attached hydrogen (secondary N) is 1. The Morgan fingerprint density at radius 1 is 1.15 bits per heavy atom. The molecule has 7 heteroatoms. The summed E-state index contributed by atoms with van der Waals surface area (Å²) in [4.78, 5) is 29.6. The van der Waals surface area contributed by atoms with E-state index in [0.29, 0.717) is 5.56 Å². The molecule has 0 unspecified atom stereocenters. The molecule has 0 amide bonds. The van der Waals surface area contributed by atoms with Gasteiger partial charge in [0.25, 0.3) is 5.56 Å². The number of thiazole rings is 1. The Balaban J connectivity index is 1.79. The Kier molecular flexibility index (Phi) is 4.16. The summed E-state index contributed by atoms with van der Waals surface area (Å²) in [5.41, 5.74) is 2.83. The van der Waals surface area contributed by atoms with Gasteiger partial charge in [0.15, 0.2) is 0 Å². The molecular weight excluding hydrogens is 362 g/mol. The van der Waals surface area contributed by atoms with E-state index in [-0.39, 0.29) is 16.9 Å². The number of hydrogen-bond acceptors (Lipinski definition) is 5. The molecule has 27 heavy (non-hydrogen) atoms. The zero-order valence-corrected chi connectivity index (χ0v) is 15.9. The quantitative estimate of drug-likeness (QED) is 0.550. The second-order valence-corrected chi connectivity index (χ2v) is 7.24. The summed E-state index contributed by atoms with van der Waals surface area (Å²) >= 11 is 1.57. The van der Waals surface area contributed by atoms with Crippen molar-refractivity contribution in [2.45, 2.75) is 6.92 Å². The number of aromatic amines is 1. The van der Waals surface area contributed by atoms with E-state index < -0.39 is 0 Å². The standard InChI is InChI=1S/C20H17N3O3S/c1-11-14(18(24)15-10-21-23(2)20(15)25)8-9-16-17(11)22-19(27-16)12-4-6-13(26-3)7-5-12/h4-10,21H,1-3H3. The summed E-state index contributed by atoms with van der Waals surface area (Å²) in [7, 11) is 3.21. The number of ether oxygens (including phenoxy) is 1. The number of rotatable bonds is 4. The molecule has 1 N–H and O–H groups in total. The van der Waals surface area contributed by atoms with Gasteiger partial charge in [-0.05, 0) is 48.9 Å². The number of ketones is 1. The van der Waals surface area contributed by atoms with Crippen molar-refractivity contribution in [1.29, 1.82) is 0 Å². The average Bonchev–Trinajstić information content (AvgIpc) is 3.26. The van der Waals surface area contributed by atoms with Gasteiger partial charge in [0.05, 0.1) is 17.3 Å². The molecule has 2 heterocycles.